The van der Waals surface area contributed by atoms with Crippen molar-refractivity contribution in [3.63, 3.8) is 0 Å². The number of anilines is 1. The zero-order valence-corrected chi connectivity index (χ0v) is 18.9. The second-order valence-electron chi connectivity index (χ2n) is 7.49. The maximum absolute atomic E-state index is 13.3. The number of hydrogen-bond acceptors (Lipinski definition) is 6. The van der Waals surface area contributed by atoms with Crippen molar-refractivity contribution < 1.29 is 9.53 Å². The molecule has 1 saturated heterocycles. The molecule has 1 fully saturated rings. The van der Waals surface area contributed by atoms with E-state index in [-0.39, 0.29) is 5.91 Å². The zero-order chi connectivity index (χ0) is 21.9. The predicted octanol–water partition coefficient (Wildman–Crippen LogP) is 4.89. The van der Waals surface area contributed by atoms with E-state index in [0.717, 1.165) is 34.7 Å². The lowest BCUT2D eigenvalue weighted by Crippen LogP contribution is -2.49. The lowest BCUT2D eigenvalue weighted by atomic mass is 10.1. The number of hydrogen-bond donors (Lipinski definition) is 0. The molecule has 1 amide bonds. The summed E-state index contributed by atoms with van der Waals surface area (Å²) in [6, 6.07) is 17.0. The van der Waals surface area contributed by atoms with E-state index in [0.29, 0.717) is 36.0 Å². The van der Waals surface area contributed by atoms with Crippen molar-refractivity contribution in [3.8, 4) is 5.75 Å². The minimum atomic E-state index is -0.0252. The quantitative estimate of drug-likeness (QED) is 0.421. The van der Waals surface area contributed by atoms with Gasteiger partial charge in [-0.3, -0.25) is 4.79 Å². The number of para-hydroxylation sites is 1. The average molecular weight is 465 g/mol. The summed E-state index contributed by atoms with van der Waals surface area (Å²) in [5, 5.41) is 3.75. The molecule has 0 aliphatic carbocycles. The third kappa shape index (κ3) is 4.13. The maximum atomic E-state index is 13.3. The molecule has 2 aromatic carbocycles. The summed E-state index contributed by atoms with van der Waals surface area (Å²) in [5.41, 5.74) is 1.45. The molecule has 32 heavy (non-hydrogen) atoms. The van der Waals surface area contributed by atoms with Crippen molar-refractivity contribution >= 4 is 44.9 Å². The first-order valence-corrected chi connectivity index (χ1v) is 11.6. The van der Waals surface area contributed by atoms with Gasteiger partial charge in [-0.05, 0) is 29.6 Å². The van der Waals surface area contributed by atoms with Crippen LogP contribution in [-0.4, -0.2) is 47.0 Å². The zero-order valence-electron chi connectivity index (χ0n) is 17.3. The van der Waals surface area contributed by atoms with Crippen LogP contribution in [0.15, 0.2) is 66.3 Å². The van der Waals surface area contributed by atoms with Crippen LogP contribution in [0.5, 0.6) is 5.75 Å². The molecule has 1 aliphatic heterocycles. The minimum Gasteiger partial charge on any atom is -0.488 e. The molecule has 0 N–H and O–H groups in total. The highest BCUT2D eigenvalue weighted by Gasteiger charge is 2.26. The fourth-order valence-electron chi connectivity index (χ4n) is 3.86. The molecule has 4 aromatic rings. The number of nitrogens with zero attached hydrogens (tertiary/aromatic N) is 4. The van der Waals surface area contributed by atoms with Gasteiger partial charge in [0.05, 0.1) is 10.9 Å². The Balaban J connectivity index is 1.27. The van der Waals surface area contributed by atoms with Gasteiger partial charge in [-0.25, -0.2) is 9.97 Å². The molecule has 8 heteroatoms. The first-order chi connectivity index (χ1) is 15.7. The van der Waals surface area contributed by atoms with Gasteiger partial charge in [0.15, 0.2) is 0 Å². The van der Waals surface area contributed by atoms with Crippen LogP contribution in [-0.2, 0) is 6.61 Å². The SMILES string of the molecule is O=C(c1ccccc1OCc1ccccc1Cl)N1CCN(c2ncnc3sccc23)CC1. The van der Waals surface area contributed by atoms with Gasteiger partial charge in [0.2, 0.25) is 0 Å². The van der Waals surface area contributed by atoms with Crippen LogP contribution in [0, 0.1) is 0 Å². The third-order valence-corrected chi connectivity index (χ3v) is 6.76. The Hall–Kier alpha value is -3.16. The van der Waals surface area contributed by atoms with E-state index >= 15 is 0 Å². The van der Waals surface area contributed by atoms with Gasteiger partial charge in [0, 0.05) is 36.8 Å². The molecule has 5 rings (SSSR count). The van der Waals surface area contributed by atoms with Crippen LogP contribution in [0.3, 0.4) is 0 Å². The number of piperazine rings is 1. The van der Waals surface area contributed by atoms with Crippen molar-refractivity contribution in [2.75, 3.05) is 31.1 Å². The molecule has 0 spiro atoms. The highest BCUT2D eigenvalue weighted by molar-refractivity contribution is 7.16. The monoisotopic (exact) mass is 464 g/mol. The number of fused-ring (bicyclic) bond motifs is 1. The smallest absolute Gasteiger partial charge is 0.257 e. The number of carbonyl (C=O) groups excluding carboxylic acids is 1. The molecule has 2 aromatic heterocycles. The Morgan fingerprint density at radius 2 is 1.78 bits per heavy atom. The summed E-state index contributed by atoms with van der Waals surface area (Å²) >= 11 is 7.85. The fraction of sp³-hybridized carbons (Fsp3) is 0.208. The van der Waals surface area contributed by atoms with Crippen molar-refractivity contribution in [1.82, 2.24) is 14.9 Å². The number of benzene rings is 2. The molecule has 0 unspecified atom stereocenters. The van der Waals surface area contributed by atoms with Crippen LogP contribution >= 0.6 is 22.9 Å². The van der Waals surface area contributed by atoms with Gasteiger partial charge in [-0.1, -0.05) is 41.9 Å². The van der Waals surface area contributed by atoms with E-state index in [1.54, 1.807) is 17.7 Å². The van der Waals surface area contributed by atoms with E-state index in [1.807, 2.05) is 58.8 Å². The standard InChI is InChI=1S/C24H21ClN4O2S/c25-20-7-3-1-5-17(20)15-31-21-8-4-2-6-18(21)24(30)29-12-10-28(11-13-29)22-19-9-14-32-23(19)27-16-26-22/h1-9,14,16H,10-13,15H2. The summed E-state index contributed by atoms with van der Waals surface area (Å²) < 4.78 is 5.99. The lowest BCUT2D eigenvalue weighted by Gasteiger charge is -2.35. The van der Waals surface area contributed by atoms with E-state index in [4.69, 9.17) is 16.3 Å². The van der Waals surface area contributed by atoms with E-state index in [9.17, 15) is 4.79 Å². The first kappa shape index (κ1) is 20.7. The number of aromatic nitrogens is 2. The maximum Gasteiger partial charge on any atom is 0.257 e. The van der Waals surface area contributed by atoms with Gasteiger partial charge >= 0.3 is 0 Å². The molecule has 1 aliphatic rings. The Kier molecular flexibility index (Phi) is 5.92. The molecule has 0 radical (unpaired) electrons. The van der Waals surface area contributed by atoms with Crippen LogP contribution in [0.1, 0.15) is 15.9 Å². The number of thiophene rings is 1. The van der Waals surface area contributed by atoms with Crippen LogP contribution in [0.25, 0.3) is 10.2 Å². The van der Waals surface area contributed by atoms with Gasteiger partial charge in [-0.2, -0.15) is 0 Å². The summed E-state index contributed by atoms with van der Waals surface area (Å²) in [5.74, 6) is 1.48. The largest absolute Gasteiger partial charge is 0.488 e. The van der Waals surface area contributed by atoms with Crippen molar-refractivity contribution in [3.05, 3.63) is 82.5 Å². The average Bonchev–Trinajstić information content (AvgIpc) is 3.33. The van der Waals surface area contributed by atoms with Crippen LogP contribution < -0.4 is 9.64 Å². The Labute approximate surface area is 195 Å². The van der Waals surface area contributed by atoms with Crippen molar-refractivity contribution in [2.24, 2.45) is 0 Å². The molecule has 0 bridgehead atoms. The number of amides is 1. The Bertz CT molecular complexity index is 1250. The topological polar surface area (TPSA) is 58.6 Å². The highest BCUT2D eigenvalue weighted by Crippen LogP contribution is 2.28. The molecule has 162 valence electrons. The number of carbonyl (C=O) groups is 1. The number of halogens is 1. The fourth-order valence-corrected chi connectivity index (χ4v) is 4.78. The predicted molar refractivity (Wildman–Crippen MR) is 128 cm³/mol. The molecule has 3 heterocycles. The van der Waals surface area contributed by atoms with Gasteiger partial charge < -0.3 is 14.5 Å². The molecular formula is C24H21ClN4O2S. The van der Waals surface area contributed by atoms with Gasteiger partial charge in [0.25, 0.3) is 5.91 Å². The van der Waals surface area contributed by atoms with Crippen molar-refractivity contribution in [2.45, 2.75) is 6.61 Å². The second kappa shape index (κ2) is 9.14. The third-order valence-electron chi connectivity index (χ3n) is 5.57. The summed E-state index contributed by atoms with van der Waals surface area (Å²) in [7, 11) is 0. The summed E-state index contributed by atoms with van der Waals surface area (Å²) in [6.45, 7) is 2.98. The van der Waals surface area contributed by atoms with Crippen molar-refractivity contribution in [1.29, 1.82) is 0 Å². The molecular weight excluding hydrogens is 444 g/mol. The first-order valence-electron chi connectivity index (χ1n) is 10.4. The second-order valence-corrected chi connectivity index (χ2v) is 8.79. The van der Waals surface area contributed by atoms with Crippen LogP contribution in [0.2, 0.25) is 5.02 Å². The van der Waals surface area contributed by atoms with Gasteiger partial charge in [-0.15, -0.1) is 11.3 Å². The van der Waals surface area contributed by atoms with E-state index in [1.165, 1.54) is 0 Å². The summed E-state index contributed by atoms with van der Waals surface area (Å²) in [4.78, 5) is 27.2. The molecule has 0 saturated carbocycles. The highest BCUT2D eigenvalue weighted by atomic mass is 35.5. The Morgan fingerprint density at radius 3 is 2.62 bits per heavy atom. The lowest BCUT2D eigenvalue weighted by molar-refractivity contribution is 0.0741. The Morgan fingerprint density at radius 1 is 1.00 bits per heavy atom. The minimum absolute atomic E-state index is 0.0252. The molecule has 0 atom stereocenters. The number of ether oxygens (including phenoxy) is 1. The summed E-state index contributed by atoms with van der Waals surface area (Å²) in [6.07, 6.45) is 1.61. The van der Waals surface area contributed by atoms with E-state index in [2.05, 4.69) is 20.9 Å². The normalized spacial score (nSPS) is 14.0. The van der Waals surface area contributed by atoms with Gasteiger partial charge in [0.1, 0.15) is 29.3 Å². The van der Waals surface area contributed by atoms with E-state index < -0.39 is 0 Å². The molecule has 6 nitrogen and oxygen atoms in total. The van der Waals surface area contributed by atoms with Crippen LogP contribution in [0.4, 0.5) is 5.82 Å². The number of rotatable bonds is 5.